The summed E-state index contributed by atoms with van der Waals surface area (Å²) >= 11 is 0. The van der Waals surface area contributed by atoms with Gasteiger partial charge in [-0.2, -0.15) is 0 Å². The number of ether oxygens (including phenoxy) is 1. The number of hydrogen-bond acceptors (Lipinski definition) is 3. The van der Waals surface area contributed by atoms with Crippen molar-refractivity contribution in [3.63, 3.8) is 0 Å². The Morgan fingerprint density at radius 3 is 2.78 bits per heavy atom. The molecule has 104 valence electrons. The lowest BCUT2D eigenvalue weighted by molar-refractivity contribution is 0.0523. The van der Waals surface area contributed by atoms with Crippen LogP contribution in [0.1, 0.15) is 46.5 Å². The Kier molecular flexibility index (Phi) is 5.66. The van der Waals surface area contributed by atoms with Gasteiger partial charge in [-0.15, -0.1) is 0 Å². The van der Waals surface area contributed by atoms with Crippen LogP contribution in [0.25, 0.3) is 0 Å². The summed E-state index contributed by atoms with van der Waals surface area (Å²) in [5.74, 6) is 0.658. The zero-order valence-electron chi connectivity index (χ0n) is 11.7. The molecular formula is C14H26N2O2. The fraction of sp³-hybridized carbons (Fsp3) is 0.786. The Balaban J connectivity index is 2.18. The molecule has 2 atom stereocenters. The lowest BCUT2D eigenvalue weighted by Crippen LogP contribution is -2.41. The fourth-order valence-electron chi connectivity index (χ4n) is 2.11. The maximum Gasteiger partial charge on any atom is 0.407 e. The molecule has 18 heavy (non-hydrogen) atoms. The van der Waals surface area contributed by atoms with Crippen LogP contribution < -0.4 is 11.1 Å². The Bertz CT molecular complexity index is 295. The van der Waals surface area contributed by atoms with Gasteiger partial charge in [-0.3, -0.25) is 0 Å². The van der Waals surface area contributed by atoms with Crippen LogP contribution in [0.2, 0.25) is 0 Å². The average Bonchev–Trinajstić information content (AvgIpc) is 2.25. The summed E-state index contributed by atoms with van der Waals surface area (Å²) in [6, 6.07) is 0.00835. The van der Waals surface area contributed by atoms with Crippen LogP contribution in [0.5, 0.6) is 0 Å². The Labute approximate surface area is 110 Å². The van der Waals surface area contributed by atoms with E-state index in [0.717, 1.165) is 19.3 Å². The van der Waals surface area contributed by atoms with Gasteiger partial charge < -0.3 is 15.8 Å². The van der Waals surface area contributed by atoms with Crippen LogP contribution in [-0.4, -0.2) is 24.3 Å². The molecule has 0 bridgehead atoms. The van der Waals surface area contributed by atoms with Gasteiger partial charge in [-0.25, -0.2) is 4.79 Å². The van der Waals surface area contributed by atoms with Crippen LogP contribution in [0.4, 0.5) is 4.79 Å². The quantitative estimate of drug-likeness (QED) is 0.758. The predicted octanol–water partition coefficient (Wildman–Crippen LogP) is 2.58. The first kappa shape index (κ1) is 15.0. The molecule has 2 unspecified atom stereocenters. The standard InChI is InChI=1S/C14H26N2O2/c1-14(2,3)18-13(17)16-10-12(15)9-11-7-5-4-6-8-11/h4-5,11-12H,6-10,15H2,1-3H3,(H,16,17). The lowest BCUT2D eigenvalue weighted by atomic mass is 9.89. The van der Waals surface area contributed by atoms with Crippen molar-refractivity contribution in [3.8, 4) is 0 Å². The van der Waals surface area contributed by atoms with Gasteiger partial charge in [0.15, 0.2) is 0 Å². The molecular weight excluding hydrogens is 228 g/mol. The van der Waals surface area contributed by atoms with Gasteiger partial charge in [-0.05, 0) is 52.4 Å². The van der Waals surface area contributed by atoms with Gasteiger partial charge in [-0.1, -0.05) is 12.2 Å². The Morgan fingerprint density at radius 1 is 1.50 bits per heavy atom. The molecule has 1 aliphatic rings. The molecule has 0 aromatic rings. The predicted molar refractivity (Wildman–Crippen MR) is 73.3 cm³/mol. The minimum Gasteiger partial charge on any atom is -0.444 e. The third kappa shape index (κ3) is 6.64. The van der Waals surface area contributed by atoms with E-state index in [0.29, 0.717) is 12.5 Å². The summed E-state index contributed by atoms with van der Waals surface area (Å²) in [5.41, 5.74) is 5.57. The van der Waals surface area contributed by atoms with Crippen molar-refractivity contribution < 1.29 is 9.53 Å². The van der Waals surface area contributed by atoms with E-state index in [1.165, 1.54) is 6.42 Å². The van der Waals surface area contributed by atoms with Gasteiger partial charge in [0.1, 0.15) is 5.60 Å². The van der Waals surface area contributed by atoms with Gasteiger partial charge in [0.05, 0.1) is 0 Å². The monoisotopic (exact) mass is 254 g/mol. The zero-order chi connectivity index (χ0) is 13.6. The highest BCUT2D eigenvalue weighted by molar-refractivity contribution is 5.67. The molecule has 0 radical (unpaired) electrons. The number of carbonyl (C=O) groups excluding carboxylic acids is 1. The van der Waals surface area contributed by atoms with Crippen molar-refractivity contribution in [3.05, 3.63) is 12.2 Å². The SMILES string of the molecule is CC(C)(C)OC(=O)NCC(N)CC1CC=CCC1. The molecule has 1 rings (SSSR count). The molecule has 0 aromatic carbocycles. The molecule has 0 aliphatic heterocycles. The first-order valence-electron chi connectivity index (χ1n) is 6.74. The first-order valence-corrected chi connectivity index (χ1v) is 6.74. The molecule has 0 spiro atoms. The van der Waals surface area contributed by atoms with E-state index in [-0.39, 0.29) is 12.1 Å². The molecule has 4 nitrogen and oxygen atoms in total. The Morgan fingerprint density at radius 2 is 2.22 bits per heavy atom. The molecule has 1 aliphatic carbocycles. The van der Waals surface area contributed by atoms with Crippen LogP contribution in [-0.2, 0) is 4.74 Å². The number of allylic oxidation sites excluding steroid dienone is 2. The van der Waals surface area contributed by atoms with Crippen molar-refractivity contribution in [2.24, 2.45) is 11.7 Å². The van der Waals surface area contributed by atoms with Crippen LogP contribution >= 0.6 is 0 Å². The average molecular weight is 254 g/mol. The Hall–Kier alpha value is -1.03. The summed E-state index contributed by atoms with van der Waals surface area (Å²) in [4.78, 5) is 11.5. The van der Waals surface area contributed by atoms with Crippen molar-refractivity contribution in [2.45, 2.75) is 58.1 Å². The molecule has 0 fully saturated rings. The fourth-order valence-corrected chi connectivity index (χ4v) is 2.11. The normalized spacial score (nSPS) is 21.4. The zero-order valence-corrected chi connectivity index (χ0v) is 11.7. The molecule has 0 heterocycles. The molecule has 1 amide bonds. The highest BCUT2D eigenvalue weighted by Gasteiger charge is 2.18. The largest absolute Gasteiger partial charge is 0.444 e. The minimum atomic E-state index is -0.456. The van der Waals surface area contributed by atoms with E-state index in [1.807, 2.05) is 20.8 Å². The van der Waals surface area contributed by atoms with Gasteiger partial charge in [0.2, 0.25) is 0 Å². The number of nitrogens with one attached hydrogen (secondary N) is 1. The maximum atomic E-state index is 11.5. The van der Waals surface area contributed by atoms with E-state index >= 15 is 0 Å². The number of amides is 1. The molecule has 0 aromatic heterocycles. The van der Waals surface area contributed by atoms with E-state index in [4.69, 9.17) is 10.5 Å². The highest BCUT2D eigenvalue weighted by atomic mass is 16.6. The second kappa shape index (κ2) is 6.78. The summed E-state index contributed by atoms with van der Waals surface area (Å²) < 4.78 is 5.16. The molecule has 4 heteroatoms. The van der Waals surface area contributed by atoms with E-state index in [9.17, 15) is 4.79 Å². The third-order valence-corrected chi connectivity index (χ3v) is 2.92. The number of alkyl carbamates (subject to hydrolysis) is 1. The van der Waals surface area contributed by atoms with E-state index in [2.05, 4.69) is 17.5 Å². The number of hydrogen-bond donors (Lipinski definition) is 2. The molecule has 3 N–H and O–H groups in total. The highest BCUT2D eigenvalue weighted by Crippen LogP contribution is 2.22. The smallest absolute Gasteiger partial charge is 0.407 e. The number of rotatable bonds is 4. The van der Waals surface area contributed by atoms with Crippen LogP contribution in [0.15, 0.2) is 12.2 Å². The lowest BCUT2D eigenvalue weighted by Gasteiger charge is -2.23. The third-order valence-electron chi connectivity index (χ3n) is 2.92. The summed E-state index contributed by atoms with van der Waals surface area (Å²) in [6.45, 7) is 6.03. The minimum absolute atomic E-state index is 0.00835. The number of carbonyl (C=O) groups is 1. The van der Waals surface area contributed by atoms with Crippen molar-refractivity contribution in [2.75, 3.05) is 6.54 Å². The summed E-state index contributed by atoms with van der Waals surface area (Å²) in [6.07, 6.45) is 8.48. The van der Waals surface area contributed by atoms with Crippen molar-refractivity contribution in [1.82, 2.24) is 5.32 Å². The van der Waals surface area contributed by atoms with Gasteiger partial charge >= 0.3 is 6.09 Å². The summed E-state index contributed by atoms with van der Waals surface area (Å²) in [5, 5.41) is 2.72. The molecule has 0 saturated heterocycles. The summed E-state index contributed by atoms with van der Waals surface area (Å²) in [7, 11) is 0. The van der Waals surface area contributed by atoms with Crippen LogP contribution in [0.3, 0.4) is 0 Å². The van der Waals surface area contributed by atoms with E-state index < -0.39 is 5.60 Å². The van der Waals surface area contributed by atoms with Crippen molar-refractivity contribution in [1.29, 1.82) is 0 Å². The second-order valence-corrected chi connectivity index (χ2v) is 6.03. The van der Waals surface area contributed by atoms with E-state index in [1.54, 1.807) is 0 Å². The maximum absolute atomic E-state index is 11.5. The first-order chi connectivity index (χ1) is 8.37. The van der Waals surface area contributed by atoms with Gasteiger partial charge in [0, 0.05) is 12.6 Å². The van der Waals surface area contributed by atoms with Gasteiger partial charge in [0.25, 0.3) is 0 Å². The second-order valence-electron chi connectivity index (χ2n) is 6.03. The number of nitrogens with two attached hydrogens (primary N) is 1. The van der Waals surface area contributed by atoms with Crippen molar-refractivity contribution >= 4 is 6.09 Å². The molecule has 0 saturated carbocycles. The topological polar surface area (TPSA) is 64.3 Å². The van der Waals surface area contributed by atoms with Crippen LogP contribution in [0, 0.1) is 5.92 Å².